The van der Waals surface area contributed by atoms with Crippen molar-refractivity contribution in [2.24, 2.45) is 11.8 Å². The van der Waals surface area contributed by atoms with E-state index in [4.69, 9.17) is 11.2 Å². The zero-order chi connectivity index (χ0) is 19.7. The molecule has 5 nitrogen and oxygen atoms in total. The van der Waals surface area contributed by atoms with Crippen molar-refractivity contribution in [1.82, 2.24) is 5.32 Å². The van der Waals surface area contributed by atoms with Gasteiger partial charge in [-0.05, 0) is 23.3 Å². The Labute approximate surface area is 163 Å². The van der Waals surface area contributed by atoms with Crippen molar-refractivity contribution in [2.45, 2.75) is 24.5 Å². The Morgan fingerprint density at radius 1 is 1.18 bits per heavy atom. The molecule has 28 heavy (non-hydrogen) atoms. The van der Waals surface area contributed by atoms with Crippen molar-refractivity contribution in [2.75, 3.05) is 6.61 Å². The molecule has 1 saturated heterocycles. The van der Waals surface area contributed by atoms with E-state index in [1.165, 1.54) is 0 Å². The fourth-order valence-electron chi connectivity index (χ4n) is 4.42. The van der Waals surface area contributed by atoms with Gasteiger partial charge < -0.3 is 15.2 Å². The van der Waals surface area contributed by atoms with Crippen LogP contribution in [0, 0.1) is 24.2 Å². The number of aliphatic hydroxyl groups excluding tert-OH is 1. The van der Waals surface area contributed by atoms with Gasteiger partial charge >= 0.3 is 5.97 Å². The molecule has 4 atom stereocenters. The van der Waals surface area contributed by atoms with Gasteiger partial charge in [-0.15, -0.1) is 6.42 Å². The van der Waals surface area contributed by atoms with E-state index >= 15 is 0 Å². The van der Waals surface area contributed by atoms with Crippen LogP contribution in [0.5, 0.6) is 0 Å². The monoisotopic (exact) mass is 375 g/mol. The lowest BCUT2D eigenvalue weighted by molar-refractivity contribution is -0.120. The average Bonchev–Trinajstić information content (AvgIpc) is 3.19. The van der Waals surface area contributed by atoms with E-state index in [-0.39, 0.29) is 30.8 Å². The lowest BCUT2D eigenvalue weighted by Crippen LogP contribution is -2.42. The molecule has 2 aromatic rings. The number of amides is 1. The Morgan fingerprint density at radius 2 is 1.86 bits per heavy atom. The van der Waals surface area contributed by atoms with Gasteiger partial charge in [-0.25, -0.2) is 4.79 Å². The first-order valence-electron chi connectivity index (χ1n) is 9.32. The minimum Gasteiger partial charge on any atom is -0.458 e. The SMILES string of the molecule is C#CC12CC(OC(=O)c3ccc(-c4ccccc4)cc3)C(CO)C1CC(=O)N2. The highest BCUT2D eigenvalue weighted by molar-refractivity contribution is 5.90. The Hall–Kier alpha value is -3.10. The lowest BCUT2D eigenvalue weighted by Gasteiger charge is -2.23. The van der Waals surface area contributed by atoms with E-state index in [1.807, 2.05) is 42.5 Å². The number of esters is 1. The zero-order valence-corrected chi connectivity index (χ0v) is 15.3. The first kappa shape index (κ1) is 18.3. The topological polar surface area (TPSA) is 75.6 Å². The third-order valence-corrected chi connectivity index (χ3v) is 5.87. The van der Waals surface area contributed by atoms with Gasteiger partial charge in [0.2, 0.25) is 5.91 Å². The van der Waals surface area contributed by atoms with Gasteiger partial charge in [-0.1, -0.05) is 48.4 Å². The molecule has 1 aliphatic carbocycles. The lowest BCUT2D eigenvalue weighted by atomic mass is 9.85. The fourth-order valence-corrected chi connectivity index (χ4v) is 4.42. The normalized spacial score (nSPS) is 28.3. The van der Waals surface area contributed by atoms with E-state index in [9.17, 15) is 14.7 Å². The number of carbonyl (C=O) groups is 2. The van der Waals surface area contributed by atoms with E-state index in [0.717, 1.165) is 11.1 Å². The molecule has 1 saturated carbocycles. The minimum atomic E-state index is -0.841. The first-order chi connectivity index (χ1) is 13.6. The minimum absolute atomic E-state index is 0.123. The molecule has 0 radical (unpaired) electrons. The molecule has 4 unspecified atom stereocenters. The quantitative estimate of drug-likeness (QED) is 0.636. The number of terminal acetylenes is 1. The van der Waals surface area contributed by atoms with Crippen LogP contribution in [-0.2, 0) is 9.53 Å². The van der Waals surface area contributed by atoms with Gasteiger partial charge in [0.15, 0.2) is 0 Å². The molecule has 0 spiro atoms. The van der Waals surface area contributed by atoms with E-state index < -0.39 is 17.6 Å². The Bertz CT molecular complexity index is 931. The smallest absolute Gasteiger partial charge is 0.338 e. The number of nitrogens with one attached hydrogen (secondary N) is 1. The molecule has 1 amide bonds. The number of carbonyl (C=O) groups excluding carboxylic acids is 2. The molecule has 2 aliphatic rings. The third kappa shape index (κ3) is 3.06. The van der Waals surface area contributed by atoms with Crippen LogP contribution in [-0.4, -0.2) is 35.2 Å². The number of hydrogen-bond donors (Lipinski definition) is 2. The van der Waals surface area contributed by atoms with E-state index in [0.29, 0.717) is 12.0 Å². The second kappa shape index (κ2) is 7.14. The van der Waals surface area contributed by atoms with Crippen molar-refractivity contribution in [3.8, 4) is 23.5 Å². The van der Waals surface area contributed by atoms with Crippen molar-refractivity contribution in [3.05, 3.63) is 60.2 Å². The van der Waals surface area contributed by atoms with Gasteiger partial charge in [0, 0.05) is 31.3 Å². The molecule has 142 valence electrons. The summed E-state index contributed by atoms with van der Waals surface area (Å²) in [6.07, 6.45) is 5.71. The number of benzene rings is 2. The first-order valence-corrected chi connectivity index (χ1v) is 9.32. The summed E-state index contributed by atoms with van der Waals surface area (Å²) < 4.78 is 5.70. The standard InChI is InChI=1S/C23H21NO4/c1-2-23-13-20(18(14-25)19(23)12-21(26)24-23)28-22(27)17-10-8-16(9-11-17)15-6-4-3-5-7-15/h1,3-11,18-20,25H,12-14H2,(H,24,26). The van der Waals surface area contributed by atoms with Crippen molar-refractivity contribution < 1.29 is 19.4 Å². The summed E-state index contributed by atoms with van der Waals surface area (Å²) in [6.45, 7) is -0.187. The summed E-state index contributed by atoms with van der Waals surface area (Å²) in [5.41, 5.74) is 1.67. The second-order valence-corrected chi connectivity index (χ2v) is 7.41. The maximum atomic E-state index is 12.6. The van der Waals surface area contributed by atoms with Gasteiger partial charge in [-0.3, -0.25) is 4.79 Å². The molecular formula is C23H21NO4. The van der Waals surface area contributed by atoms with Crippen LogP contribution in [0.2, 0.25) is 0 Å². The number of rotatable bonds is 4. The molecule has 2 N–H and O–H groups in total. The highest BCUT2D eigenvalue weighted by Crippen LogP contribution is 2.47. The van der Waals surface area contributed by atoms with Crippen LogP contribution >= 0.6 is 0 Å². The van der Waals surface area contributed by atoms with Gasteiger partial charge in [0.1, 0.15) is 11.6 Å². The number of fused-ring (bicyclic) bond motifs is 1. The number of aliphatic hydroxyl groups is 1. The largest absolute Gasteiger partial charge is 0.458 e. The maximum Gasteiger partial charge on any atom is 0.338 e. The molecule has 2 aromatic carbocycles. The third-order valence-electron chi connectivity index (χ3n) is 5.87. The highest BCUT2D eigenvalue weighted by atomic mass is 16.5. The Morgan fingerprint density at radius 3 is 2.50 bits per heavy atom. The maximum absolute atomic E-state index is 12.6. The summed E-state index contributed by atoms with van der Waals surface area (Å²) in [7, 11) is 0. The molecule has 0 bridgehead atoms. The molecular weight excluding hydrogens is 354 g/mol. The van der Waals surface area contributed by atoms with E-state index in [1.54, 1.807) is 12.1 Å². The zero-order valence-electron chi connectivity index (χ0n) is 15.3. The summed E-state index contributed by atoms with van der Waals surface area (Å²) in [5.74, 6) is 1.50. The van der Waals surface area contributed by atoms with Gasteiger partial charge in [0.05, 0.1) is 5.56 Å². The van der Waals surface area contributed by atoms with Gasteiger partial charge in [-0.2, -0.15) is 0 Å². The molecule has 1 heterocycles. The van der Waals surface area contributed by atoms with Crippen LogP contribution < -0.4 is 5.32 Å². The summed E-state index contributed by atoms with van der Waals surface area (Å²) in [4.78, 5) is 24.4. The second-order valence-electron chi connectivity index (χ2n) is 7.41. The summed E-state index contributed by atoms with van der Waals surface area (Å²) >= 11 is 0. The van der Waals surface area contributed by atoms with Crippen LogP contribution in [0.15, 0.2) is 54.6 Å². The average molecular weight is 375 g/mol. The fraction of sp³-hybridized carbons (Fsp3) is 0.304. The van der Waals surface area contributed by atoms with Crippen molar-refractivity contribution >= 4 is 11.9 Å². The number of ether oxygens (including phenoxy) is 1. The van der Waals surface area contributed by atoms with E-state index in [2.05, 4.69) is 11.2 Å². The number of hydrogen-bond acceptors (Lipinski definition) is 4. The van der Waals surface area contributed by atoms with Crippen LogP contribution in [0.1, 0.15) is 23.2 Å². The Kier molecular flexibility index (Phi) is 4.66. The Balaban J connectivity index is 1.49. The van der Waals surface area contributed by atoms with Crippen LogP contribution in [0.4, 0.5) is 0 Å². The molecule has 2 fully saturated rings. The molecule has 5 heteroatoms. The highest BCUT2D eigenvalue weighted by Gasteiger charge is 2.58. The summed E-state index contributed by atoms with van der Waals surface area (Å²) in [5, 5.41) is 12.7. The molecule has 4 rings (SSSR count). The molecule has 0 aromatic heterocycles. The molecule has 1 aliphatic heterocycles. The van der Waals surface area contributed by atoms with Crippen molar-refractivity contribution in [3.63, 3.8) is 0 Å². The van der Waals surface area contributed by atoms with Crippen molar-refractivity contribution in [1.29, 1.82) is 0 Å². The predicted octanol–water partition coefficient (Wildman–Crippen LogP) is 2.40. The van der Waals surface area contributed by atoms with Crippen LogP contribution in [0.3, 0.4) is 0 Å². The van der Waals surface area contributed by atoms with Gasteiger partial charge in [0.25, 0.3) is 0 Å². The predicted molar refractivity (Wildman–Crippen MR) is 104 cm³/mol. The van der Waals surface area contributed by atoms with Crippen LogP contribution in [0.25, 0.3) is 11.1 Å². The summed E-state index contributed by atoms with van der Waals surface area (Å²) in [6, 6.07) is 17.1.